The third kappa shape index (κ3) is 2.75. The van der Waals surface area contributed by atoms with Crippen molar-refractivity contribution in [3.05, 3.63) is 65.6 Å². The second-order valence-electron chi connectivity index (χ2n) is 4.29. The first-order chi connectivity index (χ1) is 9.33. The largest absolute Gasteiger partial charge is 0.472 e. The lowest BCUT2D eigenvalue weighted by molar-refractivity contribution is 0.177. The Morgan fingerprint density at radius 1 is 1.21 bits per heavy atom. The Labute approximate surface area is 115 Å². The molecule has 19 heavy (non-hydrogen) atoms. The number of benzene rings is 1. The normalized spacial score (nSPS) is 12.5. The van der Waals surface area contributed by atoms with E-state index < -0.39 is 6.10 Å². The fourth-order valence-corrected chi connectivity index (χ4v) is 2.73. The lowest BCUT2D eigenvalue weighted by Gasteiger charge is -2.08. The van der Waals surface area contributed by atoms with Gasteiger partial charge in [0.05, 0.1) is 18.1 Å². The van der Waals surface area contributed by atoms with Crippen molar-refractivity contribution in [2.75, 3.05) is 0 Å². The first-order valence-corrected chi connectivity index (χ1v) is 6.91. The summed E-state index contributed by atoms with van der Waals surface area (Å²) in [5, 5.41) is 13.1. The van der Waals surface area contributed by atoms with Gasteiger partial charge in [-0.05, 0) is 11.6 Å². The van der Waals surface area contributed by atoms with Crippen molar-refractivity contribution in [1.29, 1.82) is 0 Å². The lowest BCUT2D eigenvalue weighted by Crippen LogP contribution is -2.01. The van der Waals surface area contributed by atoms with Crippen molar-refractivity contribution in [2.45, 2.75) is 12.5 Å². The van der Waals surface area contributed by atoms with Gasteiger partial charge in [0, 0.05) is 17.4 Å². The van der Waals surface area contributed by atoms with Crippen LogP contribution in [0.5, 0.6) is 0 Å². The summed E-state index contributed by atoms with van der Waals surface area (Å²) >= 11 is 1.56. The van der Waals surface area contributed by atoms with Gasteiger partial charge in [-0.3, -0.25) is 0 Å². The van der Waals surface area contributed by atoms with Crippen molar-refractivity contribution in [3.8, 4) is 10.6 Å². The smallest absolute Gasteiger partial charge is 0.126 e. The van der Waals surface area contributed by atoms with Crippen LogP contribution in [0.4, 0.5) is 0 Å². The highest BCUT2D eigenvalue weighted by molar-refractivity contribution is 7.13. The number of furan rings is 1. The summed E-state index contributed by atoms with van der Waals surface area (Å²) in [6, 6.07) is 11.5. The summed E-state index contributed by atoms with van der Waals surface area (Å²) in [5.74, 6) is 0. The van der Waals surface area contributed by atoms with Gasteiger partial charge in [0.1, 0.15) is 11.3 Å². The van der Waals surface area contributed by atoms with Gasteiger partial charge in [0.2, 0.25) is 0 Å². The number of hydrogen-bond acceptors (Lipinski definition) is 4. The zero-order valence-corrected chi connectivity index (χ0v) is 11.0. The van der Waals surface area contributed by atoms with Crippen molar-refractivity contribution in [1.82, 2.24) is 4.98 Å². The molecular weight excluding hydrogens is 258 g/mol. The molecule has 0 fully saturated rings. The van der Waals surface area contributed by atoms with Crippen LogP contribution in [0, 0.1) is 0 Å². The lowest BCUT2D eigenvalue weighted by atomic mass is 10.1. The first-order valence-electron chi connectivity index (χ1n) is 6.03. The average Bonchev–Trinajstić information content (AvgIpc) is 3.10. The molecule has 3 nitrogen and oxygen atoms in total. The first kappa shape index (κ1) is 12.1. The van der Waals surface area contributed by atoms with Crippen LogP contribution in [0.3, 0.4) is 0 Å². The molecule has 4 heteroatoms. The molecule has 0 radical (unpaired) electrons. The fraction of sp³-hybridized carbons (Fsp3) is 0.133. The van der Waals surface area contributed by atoms with Crippen LogP contribution in [-0.2, 0) is 6.42 Å². The minimum absolute atomic E-state index is 0.513. The molecule has 0 aliphatic carbocycles. The maximum atomic E-state index is 10.2. The van der Waals surface area contributed by atoms with Crippen LogP contribution < -0.4 is 0 Å². The van der Waals surface area contributed by atoms with E-state index in [-0.39, 0.29) is 0 Å². The van der Waals surface area contributed by atoms with E-state index in [2.05, 4.69) is 4.98 Å². The predicted molar refractivity (Wildman–Crippen MR) is 74.9 cm³/mol. The zero-order chi connectivity index (χ0) is 13.1. The van der Waals surface area contributed by atoms with Gasteiger partial charge in [-0.25, -0.2) is 4.98 Å². The Morgan fingerprint density at radius 3 is 2.79 bits per heavy atom. The molecule has 1 aromatic carbocycles. The SMILES string of the molecule is OC(Cc1csc(-c2ccoc2)n1)c1ccccc1. The maximum Gasteiger partial charge on any atom is 0.126 e. The quantitative estimate of drug-likeness (QED) is 0.787. The number of hydrogen-bond donors (Lipinski definition) is 1. The van der Waals surface area contributed by atoms with Crippen LogP contribution in [0.15, 0.2) is 58.7 Å². The van der Waals surface area contributed by atoms with Gasteiger partial charge >= 0.3 is 0 Å². The zero-order valence-electron chi connectivity index (χ0n) is 10.2. The van der Waals surface area contributed by atoms with Crippen LogP contribution in [0.1, 0.15) is 17.4 Å². The molecular formula is C15H13NO2S. The number of rotatable bonds is 4. The van der Waals surface area contributed by atoms with Crippen LogP contribution in [0.25, 0.3) is 10.6 Å². The van der Waals surface area contributed by atoms with Crippen LogP contribution >= 0.6 is 11.3 Å². The van der Waals surface area contributed by atoms with E-state index in [1.165, 1.54) is 0 Å². The standard InChI is InChI=1S/C15H13NO2S/c17-14(11-4-2-1-3-5-11)8-13-10-19-15(16-13)12-6-7-18-9-12/h1-7,9-10,14,17H,8H2. The highest BCUT2D eigenvalue weighted by Crippen LogP contribution is 2.26. The minimum atomic E-state index is -0.513. The van der Waals surface area contributed by atoms with Gasteiger partial charge in [0.15, 0.2) is 0 Å². The van der Waals surface area contributed by atoms with E-state index in [1.807, 2.05) is 41.8 Å². The summed E-state index contributed by atoms with van der Waals surface area (Å²) in [6.45, 7) is 0. The molecule has 1 unspecified atom stereocenters. The number of thiazole rings is 1. The van der Waals surface area contributed by atoms with Crippen LogP contribution in [-0.4, -0.2) is 10.1 Å². The van der Waals surface area contributed by atoms with E-state index >= 15 is 0 Å². The molecule has 3 rings (SSSR count). The van der Waals surface area contributed by atoms with Gasteiger partial charge in [-0.15, -0.1) is 11.3 Å². The number of aromatic nitrogens is 1. The highest BCUT2D eigenvalue weighted by Gasteiger charge is 2.12. The molecule has 0 amide bonds. The molecule has 2 aromatic heterocycles. The van der Waals surface area contributed by atoms with E-state index in [9.17, 15) is 5.11 Å². The monoisotopic (exact) mass is 271 g/mol. The Balaban J connectivity index is 1.74. The van der Waals surface area contributed by atoms with E-state index in [0.717, 1.165) is 21.8 Å². The molecule has 0 spiro atoms. The number of nitrogens with zero attached hydrogens (tertiary/aromatic N) is 1. The predicted octanol–water partition coefficient (Wildman–Crippen LogP) is 3.68. The summed E-state index contributed by atoms with van der Waals surface area (Å²) < 4.78 is 5.05. The maximum absolute atomic E-state index is 10.2. The van der Waals surface area contributed by atoms with Gasteiger partial charge < -0.3 is 9.52 Å². The van der Waals surface area contributed by atoms with Gasteiger partial charge in [0.25, 0.3) is 0 Å². The van der Waals surface area contributed by atoms with E-state index in [1.54, 1.807) is 23.9 Å². The van der Waals surface area contributed by atoms with E-state index in [4.69, 9.17) is 4.42 Å². The Bertz CT molecular complexity index is 631. The van der Waals surface area contributed by atoms with Crippen LogP contribution in [0.2, 0.25) is 0 Å². The Morgan fingerprint density at radius 2 is 2.05 bits per heavy atom. The molecule has 96 valence electrons. The van der Waals surface area contributed by atoms with Crippen molar-refractivity contribution in [3.63, 3.8) is 0 Å². The Kier molecular flexibility index (Phi) is 3.44. The highest BCUT2D eigenvalue weighted by atomic mass is 32.1. The molecule has 0 saturated carbocycles. The summed E-state index contributed by atoms with van der Waals surface area (Å²) in [6.07, 6.45) is 3.32. The molecule has 0 aliphatic heterocycles. The number of aliphatic hydroxyl groups is 1. The summed E-state index contributed by atoms with van der Waals surface area (Å²) in [5.41, 5.74) is 2.79. The third-order valence-corrected chi connectivity index (χ3v) is 3.85. The molecule has 1 atom stereocenters. The topological polar surface area (TPSA) is 46.3 Å². The third-order valence-electron chi connectivity index (χ3n) is 2.91. The van der Waals surface area contributed by atoms with Crippen molar-refractivity contribution < 1.29 is 9.52 Å². The molecule has 0 bridgehead atoms. The molecule has 1 N–H and O–H groups in total. The second-order valence-corrected chi connectivity index (χ2v) is 5.14. The number of aliphatic hydroxyl groups excluding tert-OH is 1. The van der Waals surface area contributed by atoms with Gasteiger partial charge in [-0.1, -0.05) is 30.3 Å². The molecule has 2 heterocycles. The fourth-order valence-electron chi connectivity index (χ4n) is 1.91. The molecule has 0 saturated heterocycles. The summed E-state index contributed by atoms with van der Waals surface area (Å²) in [7, 11) is 0. The minimum Gasteiger partial charge on any atom is -0.472 e. The average molecular weight is 271 g/mol. The Hall–Kier alpha value is -1.91. The summed E-state index contributed by atoms with van der Waals surface area (Å²) in [4.78, 5) is 4.52. The second kappa shape index (κ2) is 5.38. The van der Waals surface area contributed by atoms with Crippen molar-refractivity contribution in [2.24, 2.45) is 0 Å². The van der Waals surface area contributed by atoms with E-state index in [0.29, 0.717) is 6.42 Å². The van der Waals surface area contributed by atoms with Gasteiger partial charge in [-0.2, -0.15) is 0 Å². The molecule has 0 aliphatic rings. The molecule has 3 aromatic rings. The van der Waals surface area contributed by atoms with Crippen molar-refractivity contribution >= 4 is 11.3 Å².